The van der Waals surface area contributed by atoms with Gasteiger partial charge in [0.1, 0.15) is 0 Å². The first-order valence-electron chi connectivity index (χ1n) is 3.09. The van der Waals surface area contributed by atoms with E-state index in [0.29, 0.717) is 6.42 Å². The molecular formula is C6H12N2O2. The molecule has 0 heterocycles. The highest BCUT2D eigenvalue weighted by Crippen LogP contribution is 2.02. The van der Waals surface area contributed by atoms with E-state index in [-0.39, 0.29) is 0 Å². The lowest BCUT2D eigenvalue weighted by Crippen LogP contribution is -2.11. The second kappa shape index (κ2) is 3.87. The van der Waals surface area contributed by atoms with Crippen molar-refractivity contribution in [3.05, 3.63) is 22.0 Å². The van der Waals surface area contributed by atoms with Crippen LogP contribution in [0.3, 0.4) is 0 Å². The summed E-state index contributed by atoms with van der Waals surface area (Å²) in [5, 5.41) is 9.98. The Bertz CT molecular complexity index is 152. The Morgan fingerprint density at radius 1 is 1.70 bits per heavy atom. The van der Waals surface area contributed by atoms with Gasteiger partial charge in [0.05, 0.1) is 10.6 Å². The van der Waals surface area contributed by atoms with Gasteiger partial charge in [-0.15, -0.1) is 0 Å². The first kappa shape index (κ1) is 8.94. The summed E-state index contributed by atoms with van der Waals surface area (Å²) in [7, 11) is 3.58. The molecule has 4 nitrogen and oxygen atoms in total. The van der Waals surface area contributed by atoms with Crippen molar-refractivity contribution in [2.45, 2.75) is 13.3 Å². The molecule has 0 unspecified atom stereocenters. The molecule has 0 N–H and O–H groups in total. The fraction of sp³-hybridized carbons (Fsp3) is 0.667. The van der Waals surface area contributed by atoms with Gasteiger partial charge in [-0.1, -0.05) is 6.92 Å². The normalized spacial score (nSPS) is 11.3. The SMILES string of the molecule is CCC(=C[N+](=O)[O-])N(C)C. The third-order valence-electron chi connectivity index (χ3n) is 1.19. The van der Waals surface area contributed by atoms with Crippen molar-refractivity contribution < 1.29 is 4.92 Å². The van der Waals surface area contributed by atoms with Gasteiger partial charge in [-0.2, -0.15) is 0 Å². The van der Waals surface area contributed by atoms with Gasteiger partial charge in [-0.05, 0) is 6.42 Å². The van der Waals surface area contributed by atoms with Gasteiger partial charge >= 0.3 is 0 Å². The summed E-state index contributed by atoms with van der Waals surface area (Å²) in [5.74, 6) is 0. The first-order chi connectivity index (χ1) is 4.57. The molecule has 0 saturated heterocycles. The Morgan fingerprint density at radius 2 is 2.20 bits per heavy atom. The molecule has 0 rings (SSSR count). The van der Waals surface area contributed by atoms with E-state index >= 15 is 0 Å². The molecule has 0 amide bonds. The van der Waals surface area contributed by atoms with Crippen LogP contribution in [0.4, 0.5) is 0 Å². The van der Waals surface area contributed by atoms with E-state index in [1.165, 1.54) is 0 Å². The molecular weight excluding hydrogens is 132 g/mol. The van der Waals surface area contributed by atoms with Gasteiger partial charge in [0, 0.05) is 14.1 Å². The van der Waals surface area contributed by atoms with Crippen molar-refractivity contribution in [3.63, 3.8) is 0 Å². The van der Waals surface area contributed by atoms with E-state index in [9.17, 15) is 10.1 Å². The lowest BCUT2D eigenvalue weighted by atomic mass is 10.3. The minimum Gasteiger partial charge on any atom is -0.376 e. The second-order valence-electron chi connectivity index (χ2n) is 2.15. The average Bonchev–Trinajstić information content (AvgIpc) is 1.81. The summed E-state index contributed by atoms with van der Waals surface area (Å²) in [5.41, 5.74) is 0.727. The molecule has 0 fully saturated rings. The number of hydrogen-bond donors (Lipinski definition) is 0. The van der Waals surface area contributed by atoms with Gasteiger partial charge < -0.3 is 4.90 Å². The Hall–Kier alpha value is -1.06. The quantitative estimate of drug-likeness (QED) is 0.439. The van der Waals surface area contributed by atoms with E-state index in [1.54, 1.807) is 19.0 Å². The maximum absolute atomic E-state index is 9.98. The average molecular weight is 144 g/mol. The Morgan fingerprint density at radius 3 is 2.30 bits per heavy atom. The molecule has 58 valence electrons. The van der Waals surface area contributed by atoms with E-state index in [4.69, 9.17) is 0 Å². The van der Waals surface area contributed by atoms with Crippen molar-refractivity contribution in [2.75, 3.05) is 14.1 Å². The minimum absolute atomic E-state index is 0.432. The third-order valence-corrected chi connectivity index (χ3v) is 1.19. The standard InChI is InChI=1S/C6H12N2O2/c1-4-6(7(2)3)5-8(9)10/h5H,4H2,1-3H3. The topological polar surface area (TPSA) is 46.4 Å². The largest absolute Gasteiger partial charge is 0.376 e. The van der Waals surface area contributed by atoms with Crippen LogP contribution in [0.15, 0.2) is 11.9 Å². The Labute approximate surface area is 60.3 Å². The van der Waals surface area contributed by atoms with Gasteiger partial charge in [-0.25, -0.2) is 0 Å². The maximum atomic E-state index is 9.98. The lowest BCUT2D eigenvalue weighted by Gasteiger charge is -2.11. The zero-order chi connectivity index (χ0) is 8.15. The van der Waals surface area contributed by atoms with Crippen LogP contribution >= 0.6 is 0 Å². The number of nitrogens with zero attached hydrogens (tertiary/aromatic N) is 2. The highest BCUT2D eigenvalue weighted by Gasteiger charge is 2.00. The van der Waals surface area contributed by atoms with Crippen LogP contribution in [-0.4, -0.2) is 23.9 Å². The fourth-order valence-electron chi connectivity index (χ4n) is 0.645. The van der Waals surface area contributed by atoms with Crippen molar-refractivity contribution in [1.29, 1.82) is 0 Å². The van der Waals surface area contributed by atoms with Gasteiger partial charge in [0.25, 0.3) is 6.20 Å². The Kier molecular flexibility index (Phi) is 3.46. The molecule has 10 heavy (non-hydrogen) atoms. The number of allylic oxidation sites excluding steroid dienone is 1. The van der Waals surface area contributed by atoms with Crippen LogP contribution in [0, 0.1) is 10.1 Å². The Balaban J connectivity index is 4.18. The molecule has 0 aromatic rings. The first-order valence-corrected chi connectivity index (χ1v) is 3.09. The molecule has 0 aliphatic carbocycles. The highest BCUT2D eigenvalue weighted by atomic mass is 16.6. The van der Waals surface area contributed by atoms with Gasteiger partial charge in [0.2, 0.25) is 0 Å². The molecule has 0 aromatic heterocycles. The zero-order valence-electron chi connectivity index (χ0n) is 6.50. The molecule has 0 aromatic carbocycles. The molecule has 0 bridgehead atoms. The summed E-state index contributed by atoms with van der Waals surface area (Å²) < 4.78 is 0. The zero-order valence-corrected chi connectivity index (χ0v) is 6.50. The van der Waals surface area contributed by atoms with Crippen molar-refractivity contribution in [3.8, 4) is 0 Å². The summed E-state index contributed by atoms with van der Waals surface area (Å²) in [6, 6.07) is 0. The summed E-state index contributed by atoms with van der Waals surface area (Å²) >= 11 is 0. The number of rotatable bonds is 3. The lowest BCUT2D eigenvalue weighted by molar-refractivity contribution is -0.404. The predicted octanol–water partition coefficient (Wildman–Crippen LogP) is 1.08. The van der Waals surface area contributed by atoms with E-state index in [2.05, 4.69) is 0 Å². The summed E-state index contributed by atoms with van der Waals surface area (Å²) in [6.45, 7) is 1.88. The number of nitro groups is 1. The minimum atomic E-state index is -0.432. The summed E-state index contributed by atoms with van der Waals surface area (Å²) in [4.78, 5) is 11.3. The van der Waals surface area contributed by atoms with Gasteiger partial charge in [-0.3, -0.25) is 10.1 Å². The maximum Gasteiger partial charge on any atom is 0.253 e. The van der Waals surface area contributed by atoms with E-state index < -0.39 is 4.92 Å². The highest BCUT2D eigenvalue weighted by molar-refractivity contribution is 4.92. The molecule has 4 heteroatoms. The van der Waals surface area contributed by atoms with E-state index in [0.717, 1.165) is 11.9 Å². The monoisotopic (exact) mass is 144 g/mol. The molecule has 0 atom stereocenters. The number of hydrogen-bond acceptors (Lipinski definition) is 3. The second-order valence-corrected chi connectivity index (χ2v) is 2.15. The third kappa shape index (κ3) is 3.06. The van der Waals surface area contributed by atoms with Crippen molar-refractivity contribution in [1.82, 2.24) is 4.90 Å². The van der Waals surface area contributed by atoms with Crippen LogP contribution in [0.5, 0.6) is 0 Å². The van der Waals surface area contributed by atoms with Crippen LogP contribution in [-0.2, 0) is 0 Å². The van der Waals surface area contributed by atoms with Crippen LogP contribution < -0.4 is 0 Å². The van der Waals surface area contributed by atoms with E-state index in [1.807, 2.05) is 6.92 Å². The molecule has 0 radical (unpaired) electrons. The van der Waals surface area contributed by atoms with Crippen LogP contribution in [0.25, 0.3) is 0 Å². The van der Waals surface area contributed by atoms with Gasteiger partial charge in [0.15, 0.2) is 0 Å². The predicted molar refractivity (Wildman–Crippen MR) is 39.1 cm³/mol. The molecule has 0 saturated carbocycles. The summed E-state index contributed by atoms with van der Waals surface area (Å²) in [6.07, 6.45) is 1.72. The van der Waals surface area contributed by atoms with Crippen LogP contribution in [0.2, 0.25) is 0 Å². The van der Waals surface area contributed by atoms with Crippen LogP contribution in [0.1, 0.15) is 13.3 Å². The smallest absolute Gasteiger partial charge is 0.253 e. The molecule has 0 aliphatic heterocycles. The molecule has 0 spiro atoms. The van der Waals surface area contributed by atoms with Crippen molar-refractivity contribution >= 4 is 0 Å². The van der Waals surface area contributed by atoms with Crippen molar-refractivity contribution in [2.24, 2.45) is 0 Å². The molecule has 0 aliphatic rings. The fourth-order valence-corrected chi connectivity index (χ4v) is 0.645.